The molecule has 3 nitrogen and oxygen atoms in total. The van der Waals surface area contributed by atoms with Crippen molar-refractivity contribution in [1.82, 2.24) is 9.88 Å². The molecule has 94 valence electrons. The summed E-state index contributed by atoms with van der Waals surface area (Å²) in [5.41, 5.74) is 0. The van der Waals surface area contributed by atoms with Gasteiger partial charge in [0.2, 0.25) is 0 Å². The van der Waals surface area contributed by atoms with Gasteiger partial charge in [-0.15, -0.1) is 0 Å². The summed E-state index contributed by atoms with van der Waals surface area (Å²) < 4.78 is 26.4. The van der Waals surface area contributed by atoms with Crippen molar-refractivity contribution in [3.05, 3.63) is 23.9 Å². The molecule has 1 saturated heterocycles. The van der Waals surface area contributed by atoms with E-state index in [4.69, 9.17) is 0 Å². The molecule has 0 bridgehead atoms. The van der Waals surface area contributed by atoms with E-state index >= 15 is 0 Å². The Kier molecular flexibility index (Phi) is 3.57. The monoisotopic (exact) mass is 241 g/mol. The molecule has 2 heterocycles. The molecule has 0 aromatic carbocycles. The average Bonchev–Trinajstić information content (AvgIpc) is 2.29. The normalized spacial score (nSPS) is 21.9. The second kappa shape index (κ2) is 4.96. The summed E-state index contributed by atoms with van der Waals surface area (Å²) in [7, 11) is 0. The number of anilines is 1. The highest BCUT2D eigenvalue weighted by Crippen LogP contribution is 2.20. The topological polar surface area (TPSA) is 19.4 Å². The van der Waals surface area contributed by atoms with E-state index in [1.165, 1.54) is 0 Å². The van der Waals surface area contributed by atoms with Crippen LogP contribution in [0, 0.1) is 11.6 Å². The summed E-state index contributed by atoms with van der Waals surface area (Å²) in [5.74, 6) is -0.956. The lowest BCUT2D eigenvalue weighted by molar-refractivity contribution is 0.198. The fourth-order valence-electron chi connectivity index (χ4n) is 2.30. The second-order valence-corrected chi connectivity index (χ2v) is 4.38. The third-order valence-electron chi connectivity index (χ3n) is 3.26. The minimum Gasteiger partial charge on any atom is -0.351 e. The summed E-state index contributed by atoms with van der Waals surface area (Å²) in [6.45, 7) is 7.56. The molecule has 17 heavy (non-hydrogen) atoms. The molecule has 1 aromatic rings. The molecular formula is C12H17F2N3. The van der Waals surface area contributed by atoms with Crippen molar-refractivity contribution < 1.29 is 8.78 Å². The highest BCUT2D eigenvalue weighted by atomic mass is 19.1. The number of piperazine rings is 1. The van der Waals surface area contributed by atoms with E-state index in [0.717, 1.165) is 38.4 Å². The van der Waals surface area contributed by atoms with Crippen molar-refractivity contribution in [3.63, 3.8) is 0 Å². The van der Waals surface area contributed by atoms with E-state index in [9.17, 15) is 8.78 Å². The van der Waals surface area contributed by atoms with Gasteiger partial charge in [-0.2, -0.15) is 0 Å². The van der Waals surface area contributed by atoms with Crippen LogP contribution in [0.3, 0.4) is 0 Å². The van der Waals surface area contributed by atoms with Gasteiger partial charge in [0.1, 0.15) is 5.82 Å². The highest BCUT2D eigenvalue weighted by Gasteiger charge is 2.24. The Morgan fingerprint density at radius 3 is 2.76 bits per heavy atom. The first kappa shape index (κ1) is 12.2. The molecule has 1 atom stereocenters. The Morgan fingerprint density at radius 2 is 2.18 bits per heavy atom. The Hall–Kier alpha value is -1.23. The number of hydrogen-bond donors (Lipinski definition) is 0. The predicted octanol–water partition coefficient (Wildman–Crippen LogP) is 1.89. The van der Waals surface area contributed by atoms with Crippen LogP contribution in [0.25, 0.3) is 0 Å². The molecule has 1 aliphatic heterocycles. The van der Waals surface area contributed by atoms with Gasteiger partial charge in [0.05, 0.1) is 6.20 Å². The molecular weight excluding hydrogens is 224 g/mol. The maximum absolute atomic E-state index is 13.6. The van der Waals surface area contributed by atoms with Gasteiger partial charge in [0, 0.05) is 31.7 Å². The molecule has 0 amide bonds. The average molecular weight is 241 g/mol. The lowest BCUT2D eigenvalue weighted by atomic mass is 10.2. The van der Waals surface area contributed by atoms with Crippen molar-refractivity contribution in [2.24, 2.45) is 0 Å². The quantitative estimate of drug-likeness (QED) is 0.788. The van der Waals surface area contributed by atoms with Crippen LogP contribution >= 0.6 is 0 Å². The van der Waals surface area contributed by atoms with Crippen molar-refractivity contribution >= 4 is 5.82 Å². The molecule has 0 saturated carbocycles. The van der Waals surface area contributed by atoms with Gasteiger partial charge in [0.25, 0.3) is 0 Å². The van der Waals surface area contributed by atoms with Crippen LogP contribution in [-0.2, 0) is 0 Å². The number of likely N-dealkylation sites (N-methyl/N-ethyl adjacent to an activating group) is 1. The minimum absolute atomic E-state index is 0.258. The van der Waals surface area contributed by atoms with Gasteiger partial charge in [-0.05, 0) is 13.5 Å². The Bertz CT molecular complexity index is 397. The second-order valence-electron chi connectivity index (χ2n) is 4.38. The number of hydrogen-bond acceptors (Lipinski definition) is 3. The maximum Gasteiger partial charge on any atom is 0.168 e. The highest BCUT2D eigenvalue weighted by molar-refractivity contribution is 5.40. The van der Waals surface area contributed by atoms with Crippen LogP contribution in [-0.4, -0.2) is 42.1 Å². The SMILES string of the molecule is CCN1CCN(c2ncc(F)cc2F)C[C@H]1C. The third kappa shape index (κ3) is 2.54. The van der Waals surface area contributed by atoms with Crippen LogP contribution in [0.4, 0.5) is 14.6 Å². The van der Waals surface area contributed by atoms with Crippen LogP contribution in [0.5, 0.6) is 0 Å². The largest absolute Gasteiger partial charge is 0.351 e. The van der Waals surface area contributed by atoms with Gasteiger partial charge < -0.3 is 4.90 Å². The number of rotatable bonds is 2. The molecule has 0 aliphatic carbocycles. The van der Waals surface area contributed by atoms with Crippen molar-refractivity contribution in [2.75, 3.05) is 31.1 Å². The fraction of sp³-hybridized carbons (Fsp3) is 0.583. The van der Waals surface area contributed by atoms with E-state index in [2.05, 4.69) is 23.7 Å². The summed E-state index contributed by atoms with van der Waals surface area (Å²) in [4.78, 5) is 8.06. The lowest BCUT2D eigenvalue weighted by Crippen LogP contribution is -2.52. The Morgan fingerprint density at radius 1 is 1.41 bits per heavy atom. The molecule has 0 N–H and O–H groups in total. The predicted molar refractivity (Wildman–Crippen MR) is 63.1 cm³/mol. The van der Waals surface area contributed by atoms with Crippen molar-refractivity contribution in [1.29, 1.82) is 0 Å². The molecule has 0 unspecified atom stereocenters. The lowest BCUT2D eigenvalue weighted by Gasteiger charge is -2.39. The van der Waals surface area contributed by atoms with E-state index in [0.29, 0.717) is 6.04 Å². The number of halogens is 2. The zero-order valence-corrected chi connectivity index (χ0v) is 10.2. The Balaban J connectivity index is 2.14. The summed E-state index contributed by atoms with van der Waals surface area (Å²) in [6, 6.07) is 1.25. The van der Waals surface area contributed by atoms with E-state index < -0.39 is 11.6 Å². The first-order valence-electron chi connectivity index (χ1n) is 5.92. The van der Waals surface area contributed by atoms with Crippen molar-refractivity contribution in [3.8, 4) is 0 Å². The molecule has 0 radical (unpaired) electrons. The minimum atomic E-state index is -0.633. The number of pyridine rings is 1. The van der Waals surface area contributed by atoms with Gasteiger partial charge >= 0.3 is 0 Å². The molecule has 2 rings (SSSR count). The molecule has 1 fully saturated rings. The summed E-state index contributed by atoms with van der Waals surface area (Å²) in [6.07, 6.45) is 1.06. The van der Waals surface area contributed by atoms with Gasteiger partial charge in [-0.3, -0.25) is 4.90 Å². The standard InChI is InChI=1S/C12H17F2N3/c1-3-16-4-5-17(8-9(16)2)12-11(14)6-10(13)7-15-12/h6-7,9H,3-5,8H2,1-2H3/t9-/m1/s1. The first-order chi connectivity index (χ1) is 8.11. The van der Waals surface area contributed by atoms with Gasteiger partial charge in [-0.1, -0.05) is 6.92 Å². The summed E-state index contributed by atoms with van der Waals surface area (Å²) in [5, 5.41) is 0. The van der Waals surface area contributed by atoms with Crippen LogP contribution in [0.15, 0.2) is 12.3 Å². The first-order valence-corrected chi connectivity index (χ1v) is 5.92. The maximum atomic E-state index is 13.6. The smallest absolute Gasteiger partial charge is 0.168 e. The number of nitrogens with zero attached hydrogens (tertiary/aromatic N) is 3. The zero-order valence-electron chi connectivity index (χ0n) is 10.2. The number of aromatic nitrogens is 1. The van der Waals surface area contributed by atoms with Gasteiger partial charge in [-0.25, -0.2) is 13.8 Å². The van der Waals surface area contributed by atoms with Crippen LogP contribution in [0.2, 0.25) is 0 Å². The van der Waals surface area contributed by atoms with Crippen LogP contribution < -0.4 is 4.90 Å². The molecule has 1 aromatic heterocycles. The van der Waals surface area contributed by atoms with Crippen LogP contribution in [0.1, 0.15) is 13.8 Å². The fourth-order valence-corrected chi connectivity index (χ4v) is 2.30. The third-order valence-corrected chi connectivity index (χ3v) is 3.26. The van der Waals surface area contributed by atoms with E-state index in [1.54, 1.807) is 0 Å². The van der Waals surface area contributed by atoms with Crippen molar-refractivity contribution in [2.45, 2.75) is 19.9 Å². The molecule has 5 heteroatoms. The Labute approximate surface area is 100 Å². The summed E-state index contributed by atoms with van der Waals surface area (Å²) >= 11 is 0. The molecule has 1 aliphatic rings. The zero-order chi connectivity index (χ0) is 12.4. The van der Waals surface area contributed by atoms with E-state index in [1.807, 2.05) is 4.90 Å². The van der Waals surface area contributed by atoms with Gasteiger partial charge in [0.15, 0.2) is 11.6 Å². The van der Waals surface area contributed by atoms with E-state index in [-0.39, 0.29) is 5.82 Å². The molecule has 0 spiro atoms.